The molecule has 0 aromatic rings. The molecule has 0 aromatic carbocycles. The first-order valence-electron chi connectivity index (χ1n) is 3.60. The molecule has 1 heteroatoms. The predicted molar refractivity (Wildman–Crippen MR) is 47.4 cm³/mol. The largest absolute Gasteiger partial charge is 0.273 e. The van der Waals surface area contributed by atoms with Gasteiger partial charge in [-0.2, -0.15) is 0 Å². The van der Waals surface area contributed by atoms with Gasteiger partial charge in [0.05, 0.1) is 0 Å². The molecule has 0 spiro atoms. The van der Waals surface area contributed by atoms with Gasteiger partial charge >= 0.3 is 0 Å². The molecule has 0 atom stereocenters. The molecule has 0 aliphatic carbocycles. The highest BCUT2D eigenvalue weighted by Gasteiger charge is 1.85. The first kappa shape index (κ1) is 9.15. The van der Waals surface area contributed by atoms with E-state index >= 15 is 0 Å². The predicted octanol–water partition coefficient (Wildman–Crippen LogP) is 2.95. The highest BCUT2D eigenvalue weighted by Crippen LogP contribution is 2.05. The first-order chi connectivity index (χ1) is 4.85. The third-order valence-electron chi connectivity index (χ3n) is 1.45. The van der Waals surface area contributed by atoms with Crippen molar-refractivity contribution < 1.29 is 0 Å². The van der Waals surface area contributed by atoms with Crippen LogP contribution in [0.4, 0.5) is 0 Å². The minimum Gasteiger partial charge on any atom is -0.273 e. The third kappa shape index (κ3) is 4.07. The van der Waals surface area contributed by atoms with Crippen LogP contribution in [-0.2, 0) is 0 Å². The van der Waals surface area contributed by atoms with E-state index < -0.39 is 0 Å². The van der Waals surface area contributed by atoms with Crippen molar-refractivity contribution in [3.8, 4) is 0 Å². The summed E-state index contributed by atoms with van der Waals surface area (Å²) in [5, 5.41) is 0. The molecular weight excluding hydrogens is 122 g/mol. The van der Waals surface area contributed by atoms with Crippen LogP contribution in [0, 0.1) is 0 Å². The zero-order valence-corrected chi connectivity index (χ0v) is 6.80. The van der Waals surface area contributed by atoms with Crippen molar-refractivity contribution >= 4 is 6.72 Å². The lowest BCUT2D eigenvalue weighted by molar-refractivity contribution is 1.02. The molecule has 1 nitrogen and oxygen atoms in total. The van der Waals surface area contributed by atoms with Crippen molar-refractivity contribution in [2.24, 2.45) is 4.99 Å². The summed E-state index contributed by atoms with van der Waals surface area (Å²) in [6.45, 7) is 7.57. The van der Waals surface area contributed by atoms with Crippen molar-refractivity contribution in [2.75, 3.05) is 0 Å². The zero-order valence-electron chi connectivity index (χ0n) is 6.80. The average molecular weight is 137 g/mol. The summed E-state index contributed by atoms with van der Waals surface area (Å²) >= 11 is 0. The molecule has 0 unspecified atom stereocenters. The van der Waals surface area contributed by atoms with Crippen molar-refractivity contribution in [2.45, 2.75) is 26.7 Å². The maximum atomic E-state index is 3.62. The number of rotatable bonds is 4. The molecule has 0 N–H and O–H groups in total. The fourth-order valence-electron chi connectivity index (χ4n) is 0.745. The van der Waals surface area contributed by atoms with Gasteiger partial charge in [-0.25, -0.2) is 0 Å². The maximum absolute atomic E-state index is 3.62. The number of hydrogen-bond acceptors (Lipinski definition) is 1. The fourth-order valence-corrected chi connectivity index (χ4v) is 0.745. The lowest BCUT2D eigenvalue weighted by Gasteiger charge is -1.95. The summed E-state index contributed by atoms with van der Waals surface area (Å²) in [5.41, 5.74) is 1.44. The molecule has 56 valence electrons. The SMILES string of the molecule is C=N/C=C\C/C(=C\C)CC. The van der Waals surface area contributed by atoms with E-state index in [0.29, 0.717) is 0 Å². The Morgan fingerprint density at radius 2 is 2.30 bits per heavy atom. The Morgan fingerprint density at radius 1 is 1.60 bits per heavy atom. The van der Waals surface area contributed by atoms with Gasteiger partial charge in [0.15, 0.2) is 0 Å². The summed E-state index contributed by atoms with van der Waals surface area (Å²) < 4.78 is 0. The van der Waals surface area contributed by atoms with Crippen LogP contribution in [0.15, 0.2) is 28.9 Å². The Morgan fingerprint density at radius 3 is 2.70 bits per heavy atom. The molecule has 0 saturated heterocycles. The van der Waals surface area contributed by atoms with E-state index in [2.05, 4.69) is 31.6 Å². The molecule has 0 aliphatic rings. The van der Waals surface area contributed by atoms with E-state index in [1.807, 2.05) is 6.08 Å². The van der Waals surface area contributed by atoms with Gasteiger partial charge in [-0.3, -0.25) is 4.99 Å². The van der Waals surface area contributed by atoms with Crippen LogP contribution in [0.2, 0.25) is 0 Å². The van der Waals surface area contributed by atoms with Gasteiger partial charge in [-0.05, 0) is 26.5 Å². The standard InChI is InChI=1S/C9H15N/c1-4-9(5-2)7-6-8-10-3/h4,6,8H,3,5,7H2,1-2H3/b8-6-,9-4-. The molecule has 0 amide bonds. The topological polar surface area (TPSA) is 12.4 Å². The van der Waals surface area contributed by atoms with Gasteiger partial charge in [0.1, 0.15) is 0 Å². The Labute approximate surface area is 63.2 Å². The third-order valence-corrected chi connectivity index (χ3v) is 1.45. The summed E-state index contributed by atoms with van der Waals surface area (Å²) in [4.78, 5) is 3.62. The van der Waals surface area contributed by atoms with Gasteiger partial charge in [-0.15, -0.1) is 0 Å². The van der Waals surface area contributed by atoms with E-state index in [0.717, 1.165) is 12.8 Å². The lowest BCUT2D eigenvalue weighted by Crippen LogP contribution is -1.75. The minimum atomic E-state index is 1.01. The number of nitrogens with zero attached hydrogens (tertiary/aromatic N) is 1. The molecule has 0 saturated carbocycles. The molecule has 10 heavy (non-hydrogen) atoms. The van der Waals surface area contributed by atoms with E-state index in [4.69, 9.17) is 0 Å². The zero-order chi connectivity index (χ0) is 7.82. The summed E-state index contributed by atoms with van der Waals surface area (Å²) in [6.07, 6.45) is 8.03. The van der Waals surface area contributed by atoms with Gasteiger partial charge < -0.3 is 0 Å². The van der Waals surface area contributed by atoms with E-state index in [1.54, 1.807) is 6.20 Å². The van der Waals surface area contributed by atoms with E-state index in [1.165, 1.54) is 5.57 Å². The van der Waals surface area contributed by atoms with Gasteiger partial charge in [0, 0.05) is 6.20 Å². The van der Waals surface area contributed by atoms with Gasteiger partial charge in [0.25, 0.3) is 0 Å². The van der Waals surface area contributed by atoms with Crippen LogP contribution in [0.25, 0.3) is 0 Å². The second kappa shape index (κ2) is 6.27. The van der Waals surface area contributed by atoms with Crippen LogP contribution in [0.3, 0.4) is 0 Å². The van der Waals surface area contributed by atoms with Crippen molar-refractivity contribution in [1.29, 1.82) is 0 Å². The van der Waals surface area contributed by atoms with Crippen LogP contribution in [0.1, 0.15) is 26.7 Å². The van der Waals surface area contributed by atoms with Crippen LogP contribution in [0.5, 0.6) is 0 Å². The first-order valence-corrected chi connectivity index (χ1v) is 3.60. The number of aliphatic imine (C=N–C) groups is 1. The molecule has 0 aromatic heterocycles. The Kier molecular flexibility index (Phi) is 5.74. The van der Waals surface area contributed by atoms with E-state index in [9.17, 15) is 0 Å². The number of hydrogen-bond donors (Lipinski definition) is 0. The Balaban J connectivity index is 3.65. The van der Waals surface area contributed by atoms with Crippen LogP contribution < -0.4 is 0 Å². The molecule has 0 radical (unpaired) electrons. The van der Waals surface area contributed by atoms with Crippen LogP contribution in [-0.4, -0.2) is 6.72 Å². The quantitative estimate of drug-likeness (QED) is 0.417. The van der Waals surface area contributed by atoms with E-state index in [-0.39, 0.29) is 0 Å². The van der Waals surface area contributed by atoms with Crippen molar-refractivity contribution in [3.63, 3.8) is 0 Å². The Hall–Kier alpha value is -0.850. The fraction of sp³-hybridized carbons (Fsp3) is 0.444. The summed E-state index contributed by atoms with van der Waals surface area (Å²) in [5.74, 6) is 0. The lowest BCUT2D eigenvalue weighted by atomic mass is 10.1. The minimum absolute atomic E-state index is 1.01. The monoisotopic (exact) mass is 137 g/mol. The van der Waals surface area contributed by atoms with Gasteiger partial charge in [-0.1, -0.05) is 24.6 Å². The highest BCUT2D eigenvalue weighted by molar-refractivity contribution is 5.25. The second-order valence-corrected chi connectivity index (χ2v) is 2.07. The van der Waals surface area contributed by atoms with Crippen molar-refractivity contribution in [3.05, 3.63) is 23.9 Å². The second-order valence-electron chi connectivity index (χ2n) is 2.07. The molecule has 0 aliphatic heterocycles. The summed E-state index contributed by atoms with van der Waals surface area (Å²) in [6, 6.07) is 0. The van der Waals surface area contributed by atoms with Crippen LogP contribution >= 0.6 is 0 Å². The van der Waals surface area contributed by atoms with Crippen molar-refractivity contribution in [1.82, 2.24) is 0 Å². The Bertz CT molecular complexity index is 143. The number of allylic oxidation sites excluding steroid dienone is 3. The maximum Gasteiger partial charge on any atom is 0.0223 e. The highest BCUT2D eigenvalue weighted by atomic mass is 14.6. The molecular formula is C9H15N. The summed E-state index contributed by atoms with van der Waals surface area (Å²) in [7, 11) is 0. The normalized spacial score (nSPS) is 12.4. The van der Waals surface area contributed by atoms with Gasteiger partial charge in [0.2, 0.25) is 0 Å². The molecule has 0 rings (SSSR count). The smallest absolute Gasteiger partial charge is 0.0223 e. The average Bonchev–Trinajstić information content (AvgIpc) is 1.99. The molecule has 0 fully saturated rings. The molecule has 0 bridgehead atoms. The molecule has 0 heterocycles.